The van der Waals surface area contributed by atoms with Gasteiger partial charge in [0.05, 0.1) is 6.54 Å². The highest BCUT2D eigenvalue weighted by atomic mass is 16.2. The van der Waals surface area contributed by atoms with Gasteiger partial charge in [-0.2, -0.15) is 0 Å². The predicted molar refractivity (Wildman–Crippen MR) is 93.6 cm³/mol. The monoisotopic (exact) mass is 317 g/mol. The van der Waals surface area contributed by atoms with Crippen molar-refractivity contribution in [2.24, 2.45) is 5.92 Å². The molecule has 1 heterocycles. The van der Waals surface area contributed by atoms with E-state index in [9.17, 15) is 9.59 Å². The second kappa shape index (κ2) is 8.56. The second-order valence-electron chi connectivity index (χ2n) is 6.52. The van der Waals surface area contributed by atoms with Gasteiger partial charge in [0.1, 0.15) is 0 Å². The third kappa shape index (κ3) is 5.93. The van der Waals surface area contributed by atoms with E-state index in [0.717, 1.165) is 18.8 Å². The number of carbonyl (C=O) groups excluding carboxylic acids is 2. The highest BCUT2D eigenvalue weighted by Crippen LogP contribution is 2.21. The van der Waals surface area contributed by atoms with E-state index >= 15 is 0 Å². The van der Waals surface area contributed by atoms with Crippen LogP contribution in [0.2, 0.25) is 0 Å². The third-order valence-electron chi connectivity index (χ3n) is 3.91. The molecule has 23 heavy (non-hydrogen) atoms. The Morgan fingerprint density at radius 3 is 2.30 bits per heavy atom. The average molecular weight is 317 g/mol. The smallest absolute Gasteiger partial charge is 0.243 e. The maximum absolute atomic E-state index is 11.9. The Kier molecular flexibility index (Phi) is 6.44. The lowest BCUT2D eigenvalue weighted by molar-refractivity contribution is -0.124. The fourth-order valence-corrected chi connectivity index (χ4v) is 2.73. The first-order valence-corrected chi connectivity index (χ1v) is 8.46. The predicted octanol–water partition coefficient (Wildman–Crippen LogP) is 2.78. The van der Waals surface area contributed by atoms with Crippen LogP contribution in [0.5, 0.6) is 0 Å². The van der Waals surface area contributed by atoms with Crippen molar-refractivity contribution in [1.82, 2.24) is 5.32 Å². The van der Waals surface area contributed by atoms with Gasteiger partial charge in [-0.3, -0.25) is 9.59 Å². The summed E-state index contributed by atoms with van der Waals surface area (Å²) in [5, 5.41) is 5.45. The Balaban J connectivity index is 1.78. The molecule has 1 aromatic carbocycles. The number of piperidine rings is 1. The zero-order chi connectivity index (χ0) is 16.7. The molecule has 0 aliphatic carbocycles. The maximum atomic E-state index is 11.9. The van der Waals surface area contributed by atoms with Crippen LogP contribution < -0.4 is 15.5 Å². The van der Waals surface area contributed by atoms with Gasteiger partial charge in [0.2, 0.25) is 11.8 Å². The number of nitrogens with one attached hydrogen (secondary N) is 2. The first kappa shape index (κ1) is 17.3. The van der Waals surface area contributed by atoms with Crippen molar-refractivity contribution in [2.45, 2.75) is 39.5 Å². The lowest BCUT2D eigenvalue weighted by atomic mass is 10.1. The number of carbonyl (C=O) groups is 2. The molecule has 0 spiro atoms. The summed E-state index contributed by atoms with van der Waals surface area (Å²) < 4.78 is 0. The zero-order valence-corrected chi connectivity index (χ0v) is 14.1. The van der Waals surface area contributed by atoms with Crippen molar-refractivity contribution in [3.63, 3.8) is 0 Å². The minimum absolute atomic E-state index is 0.0133. The van der Waals surface area contributed by atoms with Crippen LogP contribution in [-0.2, 0) is 9.59 Å². The molecule has 1 aliphatic rings. The van der Waals surface area contributed by atoms with Crippen molar-refractivity contribution >= 4 is 23.2 Å². The van der Waals surface area contributed by atoms with Gasteiger partial charge >= 0.3 is 0 Å². The molecule has 1 aromatic rings. The van der Waals surface area contributed by atoms with Crippen molar-refractivity contribution in [3.8, 4) is 0 Å². The minimum Gasteiger partial charge on any atom is -0.372 e. The molecule has 1 saturated heterocycles. The summed E-state index contributed by atoms with van der Waals surface area (Å²) >= 11 is 0. The van der Waals surface area contributed by atoms with Gasteiger partial charge < -0.3 is 15.5 Å². The van der Waals surface area contributed by atoms with Crippen molar-refractivity contribution in [3.05, 3.63) is 24.3 Å². The van der Waals surface area contributed by atoms with Gasteiger partial charge in [0.15, 0.2) is 0 Å². The summed E-state index contributed by atoms with van der Waals surface area (Å²) in [6.07, 6.45) is 4.24. The van der Waals surface area contributed by atoms with E-state index in [0.29, 0.717) is 12.3 Å². The molecule has 0 saturated carbocycles. The van der Waals surface area contributed by atoms with Crippen LogP contribution in [0.3, 0.4) is 0 Å². The van der Waals surface area contributed by atoms with E-state index in [1.54, 1.807) is 0 Å². The van der Waals surface area contributed by atoms with Gasteiger partial charge in [-0.25, -0.2) is 0 Å². The van der Waals surface area contributed by atoms with Crippen LogP contribution in [0, 0.1) is 5.92 Å². The first-order valence-electron chi connectivity index (χ1n) is 8.46. The minimum atomic E-state index is -0.201. The van der Waals surface area contributed by atoms with Crippen LogP contribution in [0.1, 0.15) is 39.5 Å². The van der Waals surface area contributed by atoms with Crippen molar-refractivity contribution < 1.29 is 9.59 Å². The van der Waals surface area contributed by atoms with Gasteiger partial charge in [0.25, 0.3) is 0 Å². The summed E-state index contributed by atoms with van der Waals surface area (Å²) in [6.45, 7) is 6.17. The topological polar surface area (TPSA) is 61.4 Å². The molecular formula is C18H27N3O2. The van der Waals surface area contributed by atoms with Gasteiger partial charge in [-0.1, -0.05) is 13.8 Å². The summed E-state index contributed by atoms with van der Waals surface area (Å²) in [6, 6.07) is 7.91. The number of nitrogens with zero attached hydrogens (tertiary/aromatic N) is 1. The molecule has 0 unspecified atom stereocenters. The molecule has 5 heteroatoms. The van der Waals surface area contributed by atoms with Crippen molar-refractivity contribution in [1.29, 1.82) is 0 Å². The molecule has 2 N–H and O–H groups in total. The Morgan fingerprint density at radius 2 is 1.70 bits per heavy atom. The van der Waals surface area contributed by atoms with Crippen LogP contribution >= 0.6 is 0 Å². The maximum Gasteiger partial charge on any atom is 0.243 e. The Hall–Kier alpha value is -2.04. The summed E-state index contributed by atoms with van der Waals surface area (Å²) in [5.74, 6) is 0.00354. The average Bonchev–Trinajstić information content (AvgIpc) is 2.54. The third-order valence-corrected chi connectivity index (χ3v) is 3.91. The van der Waals surface area contributed by atoms with E-state index in [2.05, 4.69) is 15.5 Å². The van der Waals surface area contributed by atoms with E-state index in [-0.39, 0.29) is 18.4 Å². The molecular weight excluding hydrogens is 290 g/mol. The fraction of sp³-hybridized carbons (Fsp3) is 0.556. The molecule has 0 aromatic heterocycles. The number of amides is 2. The SMILES string of the molecule is CC(C)CC(=O)NCC(=O)Nc1ccc(N2CCCCC2)cc1. The molecule has 2 rings (SSSR count). The number of benzene rings is 1. The van der Waals surface area contributed by atoms with Gasteiger partial charge in [-0.15, -0.1) is 0 Å². The van der Waals surface area contributed by atoms with E-state index in [1.807, 2.05) is 38.1 Å². The number of hydrogen-bond donors (Lipinski definition) is 2. The molecule has 1 fully saturated rings. The van der Waals surface area contributed by atoms with Crippen LogP contribution in [0.4, 0.5) is 11.4 Å². The van der Waals surface area contributed by atoms with E-state index in [1.165, 1.54) is 24.9 Å². The van der Waals surface area contributed by atoms with Gasteiger partial charge in [0, 0.05) is 30.9 Å². The molecule has 126 valence electrons. The van der Waals surface area contributed by atoms with Crippen LogP contribution in [0.15, 0.2) is 24.3 Å². The van der Waals surface area contributed by atoms with Crippen LogP contribution in [-0.4, -0.2) is 31.4 Å². The van der Waals surface area contributed by atoms with Gasteiger partial charge in [-0.05, 0) is 49.4 Å². The first-order chi connectivity index (χ1) is 11.0. The Morgan fingerprint density at radius 1 is 1.04 bits per heavy atom. The second-order valence-corrected chi connectivity index (χ2v) is 6.52. The zero-order valence-electron chi connectivity index (χ0n) is 14.1. The molecule has 2 amide bonds. The molecule has 0 bridgehead atoms. The highest BCUT2D eigenvalue weighted by molar-refractivity contribution is 5.94. The Bertz CT molecular complexity index is 520. The summed E-state index contributed by atoms with van der Waals surface area (Å²) in [4.78, 5) is 25.8. The lowest BCUT2D eigenvalue weighted by Gasteiger charge is -2.28. The standard InChI is InChI=1S/C18H27N3O2/c1-14(2)12-17(22)19-13-18(23)20-15-6-8-16(9-7-15)21-10-4-3-5-11-21/h6-9,14H,3-5,10-13H2,1-2H3,(H,19,22)(H,20,23). The Labute approximate surface area is 138 Å². The quantitative estimate of drug-likeness (QED) is 0.848. The molecule has 0 atom stereocenters. The lowest BCUT2D eigenvalue weighted by Crippen LogP contribution is -2.33. The summed E-state index contributed by atoms with van der Waals surface area (Å²) in [5.41, 5.74) is 1.96. The largest absolute Gasteiger partial charge is 0.372 e. The number of anilines is 2. The molecule has 1 aliphatic heterocycles. The molecule has 0 radical (unpaired) electrons. The molecule has 5 nitrogen and oxygen atoms in total. The van der Waals surface area contributed by atoms with Crippen LogP contribution in [0.25, 0.3) is 0 Å². The van der Waals surface area contributed by atoms with E-state index in [4.69, 9.17) is 0 Å². The summed E-state index contributed by atoms with van der Waals surface area (Å²) in [7, 11) is 0. The fourth-order valence-electron chi connectivity index (χ4n) is 2.73. The number of rotatable bonds is 6. The van der Waals surface area contributed by atoms with Crippen molar-refractivity contribution in [2.75, 3.05) is 29.9 Å². The normalized spacial score (nSPS) is 14.7. The van der Waals surface area contributed by atoms with E-state index < -0.39 is 0 Å². The highest BCUT2D eigenvalue weighted by Gasteiger charge is 2.11. The number of hydrogen-bond acceptors (Lipinski definition) is 3.